The van der Waals surface area contributed by atoms with Crippen LogP contribution >= 0.6 is 0 Å². The monoisotopic (exact) mass is 439 g/mol. The number of aliphatic hydroxyl groups excluding tert-OH is 1. The fraction of sp³-hybridized carbons (Fsp3) is 0.520. The van der Waals surface area contributed by atoms with E-state index in [1.165, 1.54) is 11.4 Å². The van der Waals surface area contributed by atoms with Crippen LogP contribution in [0.3, 0.4) is 0 Å². The highest BCUT2D eigenvalue weighted by atomic mass is 16.5. The van der Waals surface area contributed by atoms with Gasteiger partial charge in [-0.25, -0.2) is 0 Å². The first-order valence-corrected chi connectivity index (χ1v) is 11.4. The fourth-order valence-corrected chi connectivity index (χ4v) is 5.90. The summed E-state index contributed by atoms with van der Waals surface area (Å²) in [5.74, 6) is 1.86. The van der Waals surface area contributed by atoms with Gasteiger partial charge in [0.15, 0.2) is 11.5 Å². The molecule has 2 heterocycles. The van der Waals surface area contributed by atoms with Crippen molar-refractivity contribution in [1.82, 2.24) is 4.90 Å². The predicted octanol–water partition coefficient (Wildman–Crippen LogP) is 3.41. The first-order chi connectivity index (χ1) is 15.6. The quantitative estimate of drug-likeness (QED) is 0.740. The van der Waals surface area contributed by atoms with Gasteiger partial charge >= 0.3 is 0 Å². The van der Waals surface area contributed by atoms with Crippen molar-refractivity contribution in [2.24, 2.45) is 0 Å². The summed E-state index contributed by atoms with van der Waals surface area (Å²) >= 11 is 0. The van der Waals surface area contributed by atoms with Crippen LogP contribution in [-0.2, 0) is 6.42 Å². The molecule has 1 fully saturated rings. The van der Waals surface area contributed by atoms with Crippen molar-refractivity contribution >= 4 is 11.4 Å². The lowest BCUT2D eigenvalue weighted by atomic mass is 9.99. The Kier molecular flexibility index (Phi) is 5.55. The smallest absolute Gasteiger partial charge is 0.203 e. The molecule has 0 spiro atoms. The highest BCUT2D eigenvalue weighted by molar-refractivity contribution is 5.76. The first-order valence-electron chi connectivity index (χ1n) is 11.4. The molecule has 2 aliphatic heterocycles. The molecule has 0 saturated carbocycles. The third-order valence-electron chi connectivity index (χ3n) is 7.39. The number of nitrogens with one attached hydrogen (secondary N) is 1. The molecule has 3 aliphatic rings. The van der Waals surface area contributed by atoms with Crippen LogP contribution in [-0.4, -0.2) is 62.7 Å². The van der Waals surface area contributed by atoms with Crippen LogP contribution in [0.15, 0.2) is 30.3 Å². The van der Waals surface area contributed by atoms with E-state index >= 15 is 0 Å². The first kappa shape index (κ1) is 21.2. The van der Waals surface area contributed by atoms with Crippen molar-refractivity contribution in [1.29, 1.82) is 0 Å². The molecule has 5 rings (SSSR count). The van der Waals surface area contributed by atoms with Gasteiger partial charge in [-0.2, -0.15) is 0 Å². The summed E-state index contributed by atoms with van der Waals surface area (Å²) < 4.78 is 16.7. The maximum Gasteiger partial charge on any atom is 0.203 e. The molecule has 172 valence electrons. The van der Waals surface area contributed by atoms with Crippen molar-refractivity contribution in [3.05, 3.63) is 41.5 Å². The number of piperidine rings is 1. The Bertz CT molecular complexity index is 989. The van der Waals surface area contributed by atoms with Crippen LogP contribution in [0.2, 0.25) is 0 Å². The van der Waals surface area contributed by atoms with E-state index in [2.05, 4.69) is 46.3 Å². The van der Waals surface area contributed by atoms with E-state index in [1.807, 2.05) is 6.07 Å². The summed E-state index contributed by atoms with van der Waals surface area (Å²) in [6, 6.07) is 11.0. The number of hydrogen-bond acceptors (Lipinski definition) is 7. The van der Waals surface area contributed by atoms with E-state index < -0.39 is 6.10 Å². The molecule has 2 aromatic rings. The zero-order chi connectivity index (χ0) is 22.4. The third kappa shape index (κ3) is 3.26. The highest BCUT2D eigenvalue weighted by Gasteiger charge is 2.41. The van der Waals surface area contributed by atoms with Crippen molar-refractivity contribution in [2.75, 3.05) is 44.6 Å². The summed E-state index contributed by atoms with van der Waals surface area (Å²) in [4.78, 5) is 4.98. The zero-order valence-corrected chi connectivity index (χ0v) is 19.3. The second-order valence-electron chi connectivity index (χ2n) is 8.94. The van der Waals surface area contributed by atoms with E-state index in [-0.39, 0.29) is 6.04 Å². The SMILES string of the molecule is COc1cc2c(c(OC)c1OC)CC(N1CCC(N3c4ccccc4NC3C)CC1)C2O. The number of hydrogen-bond donors (Lipinski definition) is 2. The van der Waals surface area contributed by atoms with Gasteiger partial charge in [-0.15, -0.1) is 0 Å². The van der Waals surface area contributed by atoms with E-state index in [0.29, 0.717) is 29.5 Å². The van der Waals surface area contributed by atoms with Crippen LogP contribution in [0.4, 0.5) is 11.4 Å². The van der Waals surface area contributed by atoms with Gasteiger partial charge in [-0.3, -0.25) is 4.90 Å². The van der Waals surface area contributed by atoms with Gasteiger partial charge < -0.3 is 29.5 Å². The van der Waals surface area contributed by atoms with E-state index in [1.54, 1.807) is 21.3 Å². The van der Waals surface area contributed by atoms with Crippen molar-refractivity contribution in [3.63, 3.8) is 0 Å². The average Bonchev–Trinajstić information content (AvgIpc) is 3.33. The van der Waals surface area contributed by atoms with Gasteiger partial charge in [0.2, 0.25) is 5.75 Å². The second-order valence-corrected chi connectivity index (χ2v) is 8.94. The summed E-state index contributed by atoms with van der Waals surface area (Å²) in [6.45, 7) is 4.15. The lowest BCUT2D eigenvalue weighted by molar-refractivity contribution is 0.0453. The van der Waals surface area contributed by atoms with Gasteiger partial charge in [0, 0.05) is 30.7 Å². The Morgan fingerprint density at radius 3 is 2.41 bits per heavy atom. The zero-order valence-electron chi connectivity index (χ0n) is 19.3. The Hall–Kier alpha value is -2.64. The number of benzene rings is 2. The topological polar surface area (TPSA) is 66.4 Å². The molecule has 0 bridgehead atoms. The maximum absolute atomic E-state index is 11.2. The van der Waals surface area contributed by atoms with Crippen LogP contribution < -0.4 is 24.4 Å². The number of likely N-dealkylation sites (tertiary alicyclic amines) is 1. The molecule has 7 heteroatoms. The number of ether oxygens (including phenoxy) is 3. The molecular weight excluding hydrogens is 406 g/mol. The Morgan fingerprint density at radius 1 is 1.00 bits per heavy atom. The Balaban J connectivity index is 1.32. The van der Waals surface area contributed by atoms with E-state index in [4.69, 9.17) is 14.2 Å². The number of fused-ring (bicyclic) bond motifs is 2. The number of rotatable bonds is 5. The molecule has 0 amide bonds. The molecule has 7 nitrogen and oxygen atoms in total. The van der Waals surface area contributed by atoms with Crippen molar-refractivity contribution in [3.8, 4) is 17.2 Å². The fourth-order valence-electron chi connectivity index (χ4n) is 5.90. The number of methoxy groups -OCH3 is 3. The van der Waals surface area contributed by atoms with Crippen LogP contribution in [0.5, 0.6) is 17.2 Å². The minimum absolute atomic E-state index is 0.0399. The summed E-state index contributed by atoms with van der Waals surface area (Å²) in [7, 11) is 4.87. The molecule has 0 radical (unpaired) electrons. The average molecular weight is 440 g/mol. The summed E-state index contributed by atoms with van der Waals surface area (Å²) in [5, 5.41) is 14.8. The number of nitrogens with zero attached hydrogens (tertiary/aromatic N) is 2. The number of aliphatic hydroxyl groups is 1. The highest BCUT2D eigenvalue weighted by Crippen LogP contribution is 2.49. The molecule has 2 aromatic carbocycles. The second kappa shape index (κ2) is 8.37. The summed E-state index contributed by atoms with van der Waals surface area (Å²) in [6.07, 6.45) is 2.63. The lowest BCUT2D eigenvalue weighted by Gasteiger charge is -2.42. The molecular formula is C25H33N3O4. The molecule has 1 aliphatic carbocycles. The molecule has 1 saturated heterocycles. The minimum Gasteiger partial charge on any atom is -0.493 e. The van der Waals surface area contributed by atoms with Gasteiger partial charge in [-0.1, -0.05) is 12.1 Å². The van der Waals surface area contributed by atoms with Gasteiger partial charge in [-0.05, 0) is 49.9 Å². The van der Waals surface area contributed by atoms with Gasteiger partial charge in [0.05, 0.1) is 45.0 Å². The van der Waals surface area contributed by atoms with E-state index in [9.17, 15) is 5.11 Å². The maximum atomic E-state index is 11.2. The largest absolute Gasteiger partial charge is 0.493 e. The van der Waals surface area contributed by atoms with Crippen LogP contribution in [0.25, 0.3) is 0 Å². The Morgan fingerprint density at radius 2 is 1.72 bits per heavy atom. The van der Waals surface area contributed by atoms with Crippen LogP contribution in [0.1, 0.15) is 37.0 Å². The standard InChI is InChI=1S/C25H33N3O4/c1-15-26-19-7-5-6-8-20(19)28(15)16-9-11-27(12-10-16)21-13-18-17(23(21)29)14-22(30-2)25(32-4)24(18)31-3/h5-8,14-16,21,23,26,29H,9-13H2,1-4H3. The Labute approximate surface area is 189 Å². The molecule has 3 atom stereocenters. The molecule has 2 N–H and O–H groups in total. The van der Waals surface area contributed by atoms with Crippen molar-refractivity contribution < 1.29 is 19.3 Å². The van der Waals surface area contributed by atoms with Crippen LogP contribution in [0, 0.1) is 0 Å². The summed E-state index contributed by atoms with van der Waals surface area (Å²) in [5.41, 5.74) is 4.43. The van der Waals surface area contributed by atoms with Crippen molar-refractivity contribution in [2.45, 2.75) is 50.5 Å². The third-order valence-corrected chi connectivity index (χ3v) is 7.39. The lowest BCUT2D eigenvalue weighted by Crippen LogP contribution is -2.51. The number of para-hydroxylation sites is 2. The van der Waals surface area contributed by atoms with E-state index in [0.717, 1.165) is 43.5 Å². The normalized spacial score (nSPS) is 25.3. The minimum atomic E-state index is -0.566. The van der Waals surface area contributed by atoms with Gasteiger partial charge in [0.1, 0.15) is 0 Å². The molecule has 3 unspecified atom stereocenters. The molecule has 32 heavy (non-hydrogen) atoms. The molecule has 0 aromatic heterocycles. The predicted molar refractivity (Wildman–Crippen MR) is 125 cm³/mol. The number of anilines is 2. The van der Waals surface area contributed by atoms with Gasteiger partial charge in [0.25, 0.3) is 0 Å².